The van der Waals surface area contributed by atoms with Gasteiger partial charge in [0, 0.05) is 6.42 Å². The molecule has 0 aromatic carbocycles. The molecule has 0 radical (unpaired) electrons. The van der Waals surface area contributed by atoms with E-state index >= 15 is 0 Å². The summed E-state index contributed by atoms with van der Waals surface area (Å²) >= 11 is 0. The summed E-state index contributed by atoms with van der Waals surface area (Å²) in [7, 11) is 0. The molecule has 0 rings (SSSR count). The molecule has 0 spiro atoms. The van der Waals surface area contributed by atoms with Crippen molar-refractivity contribution in [3.05, 3.63) is 0 Å². The van der Waals surface area contributed by atoms with Crippen LogP contribution in [0.1, 0.15) is 33.6 Å². The Balaban J connectivity index is 3.97. The number of hydrogen-bond donors (Lipinski definition) is 1. The molecule has 0 fully saturated rings. The van der Waals surface area contributed by atoms with Crippen LogP contribution in [0.15, 0.2) is 0 Å². The van der Waals surface area contributed by atoms with Gasteiger partial charge in [-0.1, -0.05) is 13.8 Å². The zero-order chi connectivity index (χ0) is 9.72. The molecule has 0 aliphatic rings. The van der Waals surface area contributed by atoms with E-state index in [0.29, 0.717) is 12.8 Å². The zero-order valence-electron chi connectivity index (χ0n) is 7.83. The Morgan fingerprint density at radius 2 is 1.83 bits per heavy atom. The second-order valence-electron chi connectivity index (χ2n) is 3.43. The number of ketones is 1. The molecule has 1 N–H and O–H groups in total. The third-order valence-electron chi connectivity index (χ3n) is 1.93. The van der Waals surface area contributed by atoms with Crippen LogP contribution in [0.2, 0.25) is 0 Å². The van der Waals surface area contributed by atoms with Crippen LogP contribution in [0.5, 0.6) is 0 Å². The Labute approximate surface area is 72.8 Å². The van der Waals surface area contributed by atoms with E-state index in [1.165, 1.54) is 6.92 Å². The van der Waals surface area contributed by atoms with Crippen LogP contribution in [-0.2, 0) is 9.59 Å². The standard InChI is InChI=1S/C9H16O3/c1-6(2)8(9(11)12)5-4-7(3)10/h6,8H,4-5H2,1-3H3,(H,11,12)/t8-/m1/s1. The summed E-state index contributed by atoms with van der Waals surface area (Å²) in [4.78, 5) is 21.2. The minimum absolute atomic E-state index is 0.0573. The maximum atomic E-state index is 10.6. The van der Waals surface area contributed by atoms with E-state index < -0.39 is 5.97 Å². The fraction of sp³-hybridized carbons (Fsp3) is 0.778. The number of aliphatic carboxylic acids is 1. The maximum Gasteiger partial charge on any atom is 0.306 e. The van der Waals surface area contributed by atoms with Crippen LogP contribution in [0, 0.1) is 11.8 Å². The lowest BCUT2D eigenvalue weighted by molar-refractivity contribution is -0.143. The third-order valence-corrected chi connectivity index (χ3v) is 1.93. The summed E-state index contributed by atoms with van der Waals surface area (Å²) in [5.41, 5.74) is 0. The highest BCUT2D eigenvalue weighted by Crippen LogP contribution is 2.17. The predicted molar refractivity (Wildman–Crippen MR) is 45.9 cm³/mol. The molecule has 0 amide bonds. The molecular formula is C9H16O3. The lowest BCUT2D eigenvalue weighted by Crippen LogP contribution is -2.20. The van der Waals surface area contributed by atoms with Gasteiger partial charge in [0.05, 0.1) is 5.92 Å². The highest BCUT2D eigenvalue weighted by atomic mass is 16.4. The summed E-state index contributed by atoms with van der Waals surface area (Å²) in [6.07, 6.45) is 0.831. The largest absolute Gasteiger partial charge is 0.481 e. The first-order valence-corrected chi connectivity index (χ1v) is 4.17. The average Bonchev–Trinajstić information content (AvgIpc) is 1.84. The van der Waals surface area contributed by atoms with E-state index in [1.807, 2.05) is 13.8 Å². The van der Waals surface area contributed by atoms with Gasteiger partial charge in [0.25, 0.3) is 0 Å². The number of carboxylic acids is 1. The van der Waals surface area contributed by atoms with Crippen LogP contribution in [0.3, 0.4) is 0 Å². The third kappa shape index (κ3) is 4.11. The average molecular weight is 172 g/mol. The van der Waals surface area contributed by atoms with Crippen molar-refractivity contribution in [2.24, 2.45) is 11.8 Å². The SMILES string of the molecule is CC(=O)CC[C@@H](C(=O)O)C(C)C. The molecule has 0 aromatic heterocycles. The summed E-state index contributed by atoms with van der Waals surface area (Å²) < 4.78 is 0. The van der Waals surface area contributed by atoms with Crippen molar-refractivity contribution >= 4 is 11.8 Å². The van der Waals surface area contributed by atoms with Crippen molar-refractivity contribution in [3.63, 3.8) is 0 Å². The molecule has 0 bridgehead atoms. The number of rotatable bonds is 5. The molecule has 0 aliphatic heterocycles. The predicted octanol–water partition coefficient (Wildman–Crippen LogP) is 1.71. The van der Waals surface area contributed by atoms with Gasteiger partial charge in [0.2, 0.25) is 0 Å². The summed E-state index contributed by atoms with van der Waals surface area (Å²) in [5, 5.41) is 8.75. The molecule has 12 heavy (non-hydrogen) atoms. The van der Waals surface area contributed by atoms with Gasteiger partial charge in [0.15, 0.2) is 0 Å². The number of carbonyl (C=O) groups excluding carboxylic acids is 1. The topological polar surface area (TPSA) is 54.4 Å². The second-order valence-corrected chi connectivity index (χ2v) is 3.43. The Morgan fingerprint density at radius 1 is 1.33 bits per heavy atom. The van der Waals surface area contributed by atoms with Gasteiger partial charge in [-0.25, -0.2) is 0 Å². The fourth-order valence-electron chi connectivity index (χ4n) is 1.10. The number of carboxylic acid groups (broad SMARTS) is 1. The van der Waals surface area contributed by atoms with Crippen molar-refractivity contribution in [3.8, 4) is 0 Å². The Morgan fingerprint density at radius 3 is 2.08 bits per heavy atom. The molecule has 0 heterocycles. The lowest BCUT2D eigenvalue weighted by Gasteiger charge is -2.14. The summed E-state index contributed by atoms with van der Waals surface area (Å²) in [6.45, 7) is 5.21. The highest BCUT2D eigenvalue weighted by molar-refractivity contribution is 5.77. The fourth-order valence-corrected chi connectivity index (χ4v) is 1.10. The molecule has 1 atom stereocenters. The van der Waals surface area contributed by atoms with E-state index in [2.05, 4.69) is 0 Å². The van der Waals surface area contributed by atoms with Gasteiger partial charge in [0.1, 0.15) is 5.78 Å². The van der Waals surface area contributed by atoms with Crippen molar-refractivity contribution < 1.29 is 14.7 Å². The molecule has 0 aromatic rings. The van der Waals surface area contributed by atoms with Gasteiger partial charge >= 0.3 is 5.97 Å². The summed E-state index contributed by atoms with van der Waals surface area (Å²) in [6, 6.07) is 0. The molecule has 0 saturated heterocycles. The molecule has 0 aliphatic carbocycles. The van der Waals surface area contributed by atoms with Crippen molar-refractivity contribution in [1.82, 2.24) is 0 Å². The van der Waals surface area contributed by atoms with E-state index in [4.69, 9.17) is 5.11 Å². The first kappa shape index (κ1) is 11.1. The lowest BCUT2D eigenvalue weighted by atomic mass is 9.91. The maximum absolute atomic E-state index is 10.6. The first-order chi connectivity index (χ1) is 5.45. The molecule has 3 heteroatoms. The monoisotopic (exact) mass is 172 g/mol. The first-order valence-electron chi connectivity index (χ1n) is 4.17. The van der Waals surface area contributed by atoms with Crippen LogP contribution in [-0.4, -0.2) is 16.9 Å². The van der Waals surface area contributed by atoms with Gasteiger partial charge in [-0.05, 0) is 19.3 Å². The van der Waals surface area contributed by atoms with Crippen LogP contribution in [0.25, 0.3) is 0 Å². The summed E-state index contributed by atoms with van der Waals surface area (Å²) in [5.74, 6) is -1.02. The normalized spacial score (nSPS) is 13.0. The number of carbonyl (C=O) groups is 2. The minimum atomic E-state index is -0.800. The highest BCUT2D eigenvalue weighted by Gasteiger charge is 2.21. The van der Waals surface area contributed by atoms with Gasteiger partial charge in [-0.2, -0.15) is 0 Å². The van der Waals surface area contributed by atoms with E-state index in [-0.39, 0.29) is 17.6 Å². The van der Waals surface area contributed by atoms with Crippen molar-refractivity contribution in [1.29, 1.82) is 0 Å². The second kappa shape index (κ2) is 4.91. The Bertz CT molecular complexity index is 173. The number of hydrogen-bond acceptors (Lipinski definition) is 2. The molecule has 0 unspecified atom stereocenters. The van der Waals surface area contributed by atoms with Gasteiger partial charge < -0.3 is 9.90 Å². The Kier molecular flexibility index (Phi) is 4.55. The molecule has 3 nitrogen and oxygen atoms in total. The smallest absolute Gasteiger partial charge is 0.306 e. The van der Waals surface area contributed by atoms with Crippen LogP contribution < -0.4 is 0 Å². The van der Waals surface area contributed by atoms with Crippen LogP contribution >= 0.6 is 0 Å². The minimum Gasteiger partial charge on any atom is -0.481 e. The van der Waals surface area contributed by atoms with Crippen molar-refractivity contribution in [2.45, 2.75) is 33.6 Å². The van der Waals surface area contributed by atoms with Crippen LogP contribution in [0.4, 0.5) is 0 Å². The van der Waals surface area contributed by atoms with Crippen molar-refractivity contribution in [2.75, 3.05) is 0 Å². The van der Waals surface area contributed by atoms with E-state index in [9.17, 15) is 9.59 Å². The molecule has 0 saturated carbocycles. The zero-order valence-corrected chi connectivity index (χ0v) is 7.83. The quantitative estimate of drug-likeness (QED) is 0.686. The molecule has 70 valence electrons. The van der Waals surface area contributed by atoms with Gasteiger partial charge in [-0.3, -0.25) is 4.79 Å². The Hall–Kier alpha value is -0.860. The van der Waals surface area contributed by atoms with Gasteiger partial charge in [-0.15, -0.1) is 0 Å². The van der Waals surface area contributed by atoms with E-state index in [0.717, 1.165) is 0 Å². The molecular weight excluding hydrogens is 156 g/mol. The number of Topliss-reactive ketones (excluding diaryl/α,β-unsaturated/α-hetero) is 1. The van der Waals surface area contributed by atoms with E-state index in [1.54, 1.807) is 0 Å².